The molecule has 9 heteroatoms. The minimum absolute atomic E-state index is 0.0490. The number of nitrogens with zero attached hydrogens (tertiary/aromatic N) is 1. The van der Waals surface area contributed by atoms with E-state index in [1.165, 1.54) is 11.3 Å². The van der Waals surface area contributed by atoms with Gasteiger partial charge in [-0.2, -0.15) is 0 Å². The molecule has 2 aliphatic rings. The number of aliphatic hydroxyl groups excluding tert-OH is 2. The summed E-state index contributed by atoms with van der Waals surface area (Å²) in [5, 5.41) is 23.7. The summed E-state index contributed by atoms with van der Waals surface area (Å²) in [5.41, 5.74) is 0.138. The van der Waals surface area contributed by atoms with Gasteiger partial charge in [0.1, 0.15) is 11.9 Å². The van der Waals surface area contributed by atoms with Crippen molar-refractivity contribution < 1.29 is 34.1 Å². The Morgan fingerprint density at radius 2 is 1.91 bits per heavy atom. The van der Waals surface area contributed by atoms with Gasteiger partial charge in [0.15, 0.2) is 11.3 Å². The van der Waals surface area contributed by atoms with Crippen LogP contribution in [0, 0.1) is 17.3 Å². The van der Waals surface area contributed by atoms with Crippen molar-refractivity contribution in [1.82, 2.24) is 4.98 Å². The highest BCUT2D eigenvalue weighted by molar-refractivity contribution is 7.11. The first kappa shape index (κ1) is 27.6. The van der Waals surface area contributed by atoms with Crippen LogP contribution in [0.2, 0.25) is 0 Å². The zero-order valence-corrected chi connectivity index (χ0v) is 21.9. The van der Waals surface area contributed by atoms with Gasteiger partial charge in [0.05, 0.1) is 41.9 Å². The Balaban J connectivity index is 1.82. The Morgan fingerprint density at radius 3 is 2.57 bits per heavy atom. The fourth-order valence-corrected chi connectivity index (χ4v) is 5.33. The van der Waals surface area contributed by atoms with E-state index < -0.39 is 35.6 Å². The molecule has 0 aromatic carbocycles. The van der Waals surface area contributed by atoms with Crippen molar-refractivity contribution in [3.63, 3.8) is 0 Å². The van der Waals surface area contributed by atoms with E-state index in [0.717, 1.165) is 24.8 Å². The van der Waals surface area contributed by atoms with Gasteiger partial charge in [0, 0.05) is 17.7 Å². The highest BCUT2D eigenvalue weighted by atomic mass is 32.1. The van der Waals surface area contributed by atoms with Crippen LogP contribution in [0.3, 0.4) is 0 Å². The molecular formula is C26H37NO7S. The van der Waals surface area contributed by atoms with Gasteiger partial charge in [-0.05, 0) is 37.3 Å². The number of carbonyl (C=O) groups excluding carboxylic acids is 3. The molecule has 0 radical (unpaired) electrons. The van der Waals surface area contributed by atoms with E-state index in [-0.39, 0.29) is 30.3 Å². The average Bonchev–Trinajstić information content (AvgIpc) is 3.38. The van der Waals surface area contributed by atoms with Gasteiger partial charge in [-0.15, -0.1) is 11.3 Å². The van der Waals surface area contributed by atoms with Crippen LogP contribution in [0.15, 0.2) is 11.0 Å². The van der Waals surface area contributed by atoms with Crippen LogP contribution in [0.1, 0.15) is 82.2 Å². The molecule has 8 nitrogen and oxygen atoms in total. The fraction of sp³-hybridized carbons (Fsp3) is 0.692. The summed E-state index contributed by atoms with van der Waals surface area (Å²) in [4.78, 5) is 41.2. The maximum Gasteiger partial charge on any atom is 0.309 e. The summed E-state index contributed by atoms with van der Waals surface area (Å²) in [6, 6.07) is 0. The smallest absolute Gasteiger partial charge is 0.309 e. The predicted octanol–water partition coefficient (Wildman–Crippen LogP) is 3.59. The third kappa shape index (κ3) is 6.84. The number of carbonyl (C=O) groups is 3. The first-order valence-corrected chi connectivity index (χ1v) is 13.2. The van der Waals surface area contributed by atoms with Gasteiger partial charge >= 0.3 is 5.97 Å². The second-order valence-corrected chi connectivity index (χ2v) is 11.4. The van der Waals surface area contributed by atoms with Crippen molar-refractivity contribution >= 4 is 35.5 Å². The van der Waals surface area contributed by atoms with Crippen LogP contribution in [0.5, 0.6) is 0 Å². The van der Waals surface area contributed by atoms with Gasteiger partial charge in [0.2, 0.25) is 0 Å². The number of esters is 1. The van der Waals surface area contributed by atoms with Crippen LogP contribution in [-0.4, -0.2) is 63.8 Å². The number of cyclic esters (lactones) is 1. The lowest BCUT2D eigenvalue weighted by Gasteiger charge is -2.34. The zero-order chi connectivity index (χ0) is 25.9. The topological polar surface area (TPSA) is 126 Å². The summed E-state index contributed by atoms with van der Waals surface area (Å²) in [7, 11) is 0. The van der Waals surface area contributed by atoms with Crippen molar-refractivity contribution in [2.75, 3.05) is 0 Å². The first-order chi connectivity index (χ1) is 16.4. The quantitative estimate of drug-likeness (QED) is 0.361. The number of hydrogen-bond donors (Lipinski definition) is 2. The molecule has 0 aliphatic carbocycles. The lowest BCUT2D eigenvalue weighted by molar-refractivity contribution is -0.154. The highest BCUT2D eigenvalue weighted by Crippen LogP contribution is 2.36. The Kier molecular flexibility index (Phi) is 9.01. The van der Waals surface area contributed by atoms with Crippen molar-refractivity contribution in [2.24, 2.45) is 17.3 Å². The molecule has 7 atom stereocenters. The summed E-state index contributed by atoms with van der Waals surface area (Å²) in [5.74, 6) is -1.65. The van der Waals surface area contributed by atoms with Crippen LogP contribution in [0.25, 0.3) is 6.08 Å². The van der Waals surface area contributed by atoms with Crippen LogP contribution in [-0.2, 0) is 19.1 Å². The molecule has 3 rings (SSSR count). The molecule has 194 valence electrons. The van der Waals surface area contributed by atoms with E-state index in [0.29, 0.717) is 23.4 Å². The molecular weight excluding hydrogens is 470 g/mol. The van der Waals surface area contributed by atoms with Gasteiger partial charge in [-0.25, -0.2) is 4.98 Å². The third-order valence-electron chi connectivity index (χ3n) is 7.42. The SMILES string of the molecule is CC(=Cc1csc(C=O)n1)[C@H]1C[C@@H]2O[C@H]2CCC[C@@H](C)[C@@H](O)[C@H](C)C(=O)C(C)(C)[C@H](O)CC(=O)O1. The minimum Gasteiger partial charge on any atom is -0.458 e. The monoisotopic (exact) mass is 507 g/mol. The summed E-state index contributed by atoms with van der Waals surface area (Å²) >= 11 is 1.24. The van der Waals surface area contributed by atoms with E-state index >= 15 is 0 Å². The largest absolute Gasteiger partial charge is 0.458 e. The molecule has 1 aromatic rings. The number of aromatic nitrogens is 1. The Bertz CT molecular complexity index is 955. The molecule has 0 amide bonds. The molecule has 0 unspecified atom stereocenters. The maximum atomic E-state index is 13.2. The molecule has 0 saturated carbocycles. The summed E-state index contributed by atoms with van der Waals surface area (Å²) < 4.78 is 11.6. The fourth-order valence-electron chi connectivity index (χ4n) is 4.76. The van der Waals surface area contributed by atoms with E-state index in [4.69, 9.17) is 9.47 Å². The van der Waals surface area contributed by atoms with Gasteiger partial charge in [0.25, 0.3) is 0 Å². The molecule has 2 fully saturated rings. The van der Waals surface area contributed by atoms with Crippen molar-refractivity contribution in [3.05, 3.63) is 21.7 Å². The molecule has 2 N–H and O–H groups in total. The summed E-state index contributed by atoms with van der Waals surface area (Å²) in [6.07, 6.45) is 2.37. The predicted molar refractivity (Wildman–Crippen MR) is 132 cm³/mol. The minimum atomic E-state index is -1.26. The van der Waals surface area contributed by atoms with Crippen LogP contribution in [0.4, 0.5) is 0 Å². The summed E-state index contributed by atoms with van der Waals surface area (Å²) in [6.45, 7) is 8.65. The number of aldehydes is 1. The normalized spacial score (nSPS) is 35.2. The van der Waals surface area contributed by atoms with Crippen LogP contribution >= 0.6 is 11.3 Å². The molecule has 1 aromatic heterocycles. The number of Topliss-reactive ketones (excluding diaryl/α,β-unsaturated/α-hetero) is 1. The standard InChI is InChI=1S/C26H37NO7S/c1-14-7-6-8-18-20(33-18)10-19(15(2)9-17-13-35-22(12-28)27-17)34-23(30)11-21(29)26(4,5)25(32)16(3)24(14)31/h9,12-14,16,18-21,24,29,31H,6-8,10-11H2,1-5H3/t14-,16+,18+,19-,20+,21-,24-/m1/s1. The first-order valence-electron chi connectivity index (χ1n) is 12.3. The second-order valence-electron chi connectivity index (χ2n) is 10.5. The van der Waals surface area contributed by atoms with E-state index in [9.17, 15) is 24.6 Å². The van der Waals surface area contributed by atoms with E-state index in [2.05, 4.69) is 4.98 Å². The van der Waals surface area contributed by atoms with E-state index in [1.54, 1.807) is 32.2 Å². The molecule has 0 bridgehead atoms. The molecule has 3 heterocycles. The number of thiazole rings is 1. The molecule has 2 saturated heterocycles. The lowest BCUT2D eigenvalue weighted by atomic mass is 9.73. The Labute approximate surface area is 210 Å². The maximum absolute atomic E-state index is 13.2. The van der Waals surface area contributed by atoms with E-state index in [1.807, 2.05) is 13.8 Å². The van der Waals surface area contributed by atoms with Crippen molar-refractivity contribution in [2.45, 2.75) is 97.2 Å². The van der Waals surface area contributed by atoms with Crippen molar-refractivity contribution in [1.29, 1.82) is 0 Å². The van der Waals surface area contributed by atoms with Gasteiger partial charge in [-0.1, -0.05) is 34.1 Å². The van der Waals surface area contributed by atoms with Crippen LogP contribution < -0.4 is 0 Å². The van der Waals surface area contributed by atoms with Crippen molar-refractivity contribution in [3.8, 4) is 0 Å². The Hall–Kier alpha value is -1.94. The molecule has 0 spiro atoms. The number of fused-ring (bicyclic) bond motifs is 1. The third-order valence-corrected chi connectivity index (χ3v) is 8.21. The lowest BCUT2D eigenvalue weighted by Crippen LogP contribution is -2.45. The number of ketones is 1. The number of ether oxygens (including phenoxy) is 2. The second kappa shape index (κ2) is 11.4. The Morgan fingerprint density at radius 1 is 1.20 bits per heavy atom. The highest BCUT2D eigenvalue weighted by Gasteiger charge is 2.44. The zero-order valence-electron chi connectivity index (χ0n) is 21.1. The number of rotatable bonds is 3. The van der Waals surface area contributed by atoms with Gasteiger partial charge < -0.3 is 19.7 Å². The number of epoxide rings is 1. The van der Waals surface area contributed by atoms with Gasteiger partial charge in [-0.3, -0.25) is 14.4 Å². The number of aliphatic hydroxyl groups is 2. The number of hydrogen-bond acceptors (Lipinski definition) is 9. The molecule has 35 heavy (non-hydrogen) atoms. The molecule has 2 aliphatic heterocycles. The average molecular weight is 508 g/mol.